The van der Waals surface area contributed by atoms with Crippen LogP contribution in [0.25, 0.3) is 11.1 Å². The first kappa shape index (κ1) is 18.3. The highest BCUT2D eigenvalue weighted by Gasteiger charge is 2.30. The number of benzene rings is 2. The first-order valence-electron chi connectivity index (χ1n) is 9.64. The summed E-state index contributed by atoms with van der Waals surface area (Å²) in [5, 5.41) is 8.79. The number of hydrogen-bond acceptors (Lipinski definition) is 3. The van der Waals surface area contributed by atoms with E-state index in [1.54, 1.807) is 11.0 Å². The molecule has 1 N–H and O–H groups in total. The van der Waals surface area contributed by atoms with Crippen LogP contribution in [0.1, 0.15) is 29.9 Å². The van der Waals surface area contributed by atoms with Crippen LogP contribution in [0.3, 0.4) is 0 Å². The van der Waals surface area contributed by atoms with Crippen LogP contribution in [-0.4, -0.2) is 41.8 Å². The number of piperidine rings is 1. The SMILES string of the molecule is O=C(O)/C=C/C1CCCN(C(=O)OCC2c3ccccc3-c3ccccc32)C1. The number of likely N-dealkylation sites (tertiary alicyclic amines) is 1. The molecule has 1 fully saturated rings. The van der Waals surface area contributed by atoms with Crippen LogP contribution >= 0.6 is 0 Å². The molecule has 2 aromatic carbocycles. The fraction of sp³-hybridized carbons (Fsp3) is 0.304. The Hall–Kier alpha value is -3.08. The number of rotatable bonds is 4. The molecule has 1 aliphatic heterocycles. The molecule has 2 aromatic rings. The molecule has 0 bridgehead atoms. The van der Waals surface area contributed by atoms with Crippen LogP contribution < -0.4 is 0 Å². The fourth-order valence-corrected chi connectivity index (χ4v) is 4.24. The van der Waals surface area contributed by atoms with Crippen LogP contribution in [0.5, 0.6) is 0 Å². The van der Waals surface area contributed by atoms with Gasteiger partial charge in [0.25, 0.3) is 0 Å². The van der Waals surface area contributed by atoms with E-state index in [1.165, 1.54) is 22.3 Å². The average Bonchev–Trinajstić information content (AvgIpc) is 3.04. The summed E-state index contributed by atoms with van der Waals surface area (Å²) >= 11 is 0. The monoisotopic (exact) mass is 377 g/mol. The van der Waals surface area contributed by atoms with Crippen molar-refractivity contribution in [2.75, 3.05) is 19.7 Å². The standard InChI is InChI=1S/C23H23NO4/c25-22(26)12-11-16-6-5-13-24(14-16)23(27)28-15-21-19-9-3-1-7-17(19)18-8-2-4-10-20(18)21/h1-4,7-12,16,21H,5-6,13-15H2,(H,25,26)/b12-11+. The summed E-state index contributed by atoms with van der Waals surface area (Å²) in [6.07, 6.45) is 4.24. The number of amides is 1. The third kappa shape index (κ3) is 3.65. The second-order valence-electron chi connectivity index (χ2n) is 7.35. The highest BCUT2D eigenvalue weighted by molar-refractivity contribution is 5.80. The van der Waals surface area contributed by atoms with Gasteiger partial charge in [-0.15, -0.1) is 0 Å². The molecule has 4 rings (SSSR count). The van der Waals surface area contributed by atoms with Crippen molar-refractivity contribution in [3.63, 3.8) is 0 Å². The lowest BCUT2D eigenvalue weighted by atomic mass is 9.97. The summed E-state index contributed by atoms with van der Waals surface area (Å²) in [5.74, 6) is -0.854. The van der Waals surface area contributed by atoms with Gasteiger partial charge in [0.05, 0.1) is 0 Å². The molecule has 5 nitrogen and oxygen atoms in total. The molecule has 2 aliphatic rings. The zero-order valence-electron chi connectivity index (χ0n) is 15.6. The van der Waals surface area contributed by atoms with E-state index in [0.717, 1.165) is 18.9 Å². The van der Waals surface area contributed by atoms with Gasteiger partial charge in [0.15, 0.2) is 0 Å². The number of hydrogen-bond donors (Lipinski definition) is 1. The molecule has 1 atom stereocenters. The zero-order chi connectivity index (χ0) is 19.5. The number of carboxylic acids is 1. The molecular weight excluding hydrogens is 354 g/mol. The fourth-order valence-electron chi connectivity index (χ4n) is 4.24. The number of carbonyl (C=O) groups is 2. The Kier molecular flexibility index (Phi) is 5.15. The number of nitrogens with zero attached hydrogens (tertiary/aromatic N) is 1. The minimum atomic E-state index is -0.960. The molecule has 0 saturated carbocycles. The van der Waals surface area contributed by atoms with Gasteiger partial charge in [-0.25, -0.2) is 9.59 Å². The van der Waals surface area contributed by atoms with E-state index in [1.807, 2.05) is 24.3 Å². The summed E-state index contributed by atoms with van der Waals surface area (Å²) in [7, 11) is 0. The van der Waals surface area contributed by atoms with Crippen LogP contribution in [0, 0.1) is 5.92 Å². The lowest BCUT2D eigenvalue weighted by molar-refractivity contribution is -0.131. The van der Waals surface area contributed by atoms with E-state index in [9.17, 15) is 9.59 Å². The number of fused-ring (bicyclic) bond motifs is 3. The Balaban J connectivity index is 1.43. The van der Waals surface area contributed by atoms with E-state index < -0.39 is 5.97 Å². The summed E-state index contributed by atoms with van der Waals surface area (Å²) in [5.41, 5.74) is 4.79. The summed E-state index contributed by atoms with van der Waals surface area (Å²) in [6.45, 7) is 1.45. The Bertz CT molecular complexity index is 875. The predicted octanol–water partition coefficient (Wildman–Crippen LogP) is 4.29. The lowest BCUT2D eigenvalue weighted by Gasteiger charge is -2.31. The van der Waals surface area contributed by atoms with E-state index in [2.05, 4.69) is 24.3 Å². The first-order chi connectivity index (χ1) is 13.6. The normalized spacial score (nSPS) is 18.7. The van der Waals surface area contributed by atoms with Gasteiger partial charge in [-0.1, -0.05) is 54.6 Å². The van der Waals surface area contributed by atoms with Gasteiger partial charge in [-0.2, -0.15) is 0 Å². The van der Waals surface area contributed by atoms with Crippen molar-refractivity contribution in [2.45, 2.75) is 18.8 Å². The van der Waals surface area contributed by atoms with E-state index in [0.29, 0.717) is 19.7 Å². The maximum atomic E-state index is 12.6. The summed E-state index contributed by atoms with van der Waals surface area (Å²) in [6, 6.07) is 16.5. The quantitative estimate of drug-likeness (QED) is 0.807. The smallest absolute Gasteiger partial charge is 0.409 e. The Labute approximate surface area is 164 Å². The van der Waals surface area contributed by atoms with Gasteiger partial charge in [0.2, 0.25) is 0 Å². The van der Waals surface area contributed by atoms with Gasteiger partial charge in [-0.05, 0) is 41.0 Å². The van der Waals surface area contributed by atoms with E-state index in [4.69, 9.17) is 9.84 Å². The number of carbonyl (C=O) groups excluding carboxylic acids is 1. The van der Waals surface area contributed by atoms with Gasteiger partial charge in [0, 0.05) is 25.1 Å². The highest BCUT2D eigenvalue weighted by atomic mass is 16.6. The van der Waals surface area contributed by atoms with Crippen LogP contribution in [0.15, 0.2) is 60.7 Å². The van der Waals surface area contributed by atoms with Crippen molar-refractivity contribution in [3.8, 4) is 11.1 Å². The molecule has 28 heavy (non-hydrogen) atoms. The van der Waals surface area contributed by atoms with Gasteiger partial charge in [-0.3, -0.25) is 0 Å². The molecular formula is C23H23NO4. The van der Waals surface area contributed by atoms with Crippen molar-refractivity contribution >= 4 is 12.1 Å². The number of ether oxygens (including phenoxy) is 1. The number of aliphatic carboxylic acids is 1. The largest absolute Gasteiger partial charge is 0.478 e. The molecule has 1 unspecified atom stereocenters. The zero-order valence-corrected chi connectivity index (χ0v) is 15.6. The molecule has 1 heterocycles. The Morgan fingerprint density at radius 3 is 2.36 bits per heavy atom. The predicted molar refractivity (Wildman–Crippen MR) is 106 cm³/mol. The van der Waals surface area contributed by atoms with Crippen molar-refractivity contribution in [1.29, 1.82) is 0 Å². The Morgan fingerprint density at radius 2 is 1.71 bits per heavy atom. The maximum Gasteiger partial charge on any atom is 0.409 e. The molecule has 1 aliphatic carbocycles. The molecule has 1 saturated heterocycles. The van der Waals surface area contributed by atoms with E-state index in [-0.39, 0.29) is 17.9 Å². The van der Waals surface area contributed by atoms with E-state index >= 15 is 0 Å². The topological polar surface area (TPSA) is 66.8 Å². The van der Waals surface area contributed by atoms with Crippen molar-refractivity contribution in [2.24, 2.45) is 5.92 Å². The molecule has 144 valence electrons. The second kappa shape index (κ2) is 7.89. The molecule has 0 aromatic heterocycles. The van der Waals surface area contributed by atoms with Crippen LogP contribution in [-0.2, 0) is 9.53 Å². The minimum absolute atomic E-state index is 0.0452. The summed E-state index contributed by atoms with van der Waals surface area (Å²) < 4.78 is 5.70. The highest BCUT2D eigenvalue weighted by Crippen LogP contribution is 2.44. The second-order valence-corrected chi connectivity index (χ2v) is 7.35. The minimum Gasteiger partial charge on any atom is -0.478 e. The molecule has 0 spiro atoms. The maximum absolute atomic E-state index is 12.6. The molecule has 1 amide bonds. The van der Waals surface area contributed by atoms with Crippen LogP contribution in [0.4, 0.5) is 4.79 Å². The van der Waals surface area contributed by atoms with Crippen molar-refractivity contribution in [1.82, 2.24) is 4.90 Å². The molecule has 0 radical (unpaired) electrons. The van der Waals surface area contributed by atoms with Gasteiger partial charge in [0.1, 0.15) is 6.61 Å². The van der Waals surface area contributed by atoms with Crippen LogP contribution in [0.2, 0.25) is 0 Å². The third-order valence-corrected chi connectivity index (χ3v) is 5.56. The third-order valence-electron chi connectivity index (χ3n) is 5.56. The lowest BCUT2D eigenvalue weighted by Crippen LogP contribution is -2.40. The van der Waals surface area contributed by atoms with Gasteiger partial charge >= 0.3 is 12.1 Å². The van der Waals surface area contributed by atoms with Gasteiger partial charge < -0.3 is 14.7 Å². The summed E-state index contributed by atoms with van der Waals surface area (Å²) in [4.78, 5) is 25.0. The Morgan fingerprint density at radius 1 is 1.07 bits per heavy atom. The molecule has 5 heteroatoms. The number of carboxylic acid groups (broad SMARTS) is 1. The van der Waals surface area contributed by atoms with Crippen molar-refractivity contribution < 1.29 is 19.4 Å². The average molecular weight is 377 g/mol. The van der Waals surface area contributed by atoms with Crippen molar-refractivity contribution in [3.05, 3.63) is 71.8 Å². The first-order valence-corrected chi connectivity index (χ1v) is 9.64.